The van der Waals surface area contributed by atoms with E-state index in [4.69, 9.17) is 9.47 Å². The number of nitrogens with zero attached hydrogens (tertiary/aromatic N) is 3. The monoisotopic (exact) mass is 379 g/mol. The molecule has 3 aromatic rings. The van der Waals surface area contributed by atoms with Crippen molar-refractivity contribution in [2.45, 2.75) is 20.4 Å². The van der Waals surface area contributed by atoms with Crippen LogP contribution >= 0.6 is 0 Å². The number of carbonyl (C=O) groups excluding carboxylic acids is 1. The van der Waals surface area contributed by atoms with Gasteiger partial charge < -0.3 is 14.4 Å². The molecular weight excluding hydrogens is 354 g/mol. The number of hydrogen-bond acceptors (Lipinski definition) is 4. The van der Waals surface area contributed by atoms with Crippen molar-refractivity contribution in [3.05, 3.63) is 71.0 Å². The number of methoxy groups -OCH3 is 2. The third kappa shape index (κ3) is 3.71. The summed E-state index contributed by atoms with van der Waals surface area (Å²) in [5.74, 6) is 1.04. The molecule has 2 aromatic carbocycles. The molecule has 28 heavy (non-hydrogen) atoms. The fourth-order valence-corrected chi connectivity index (χ4v) is 3.22. The molecule has 0 unspecified atom stereocenters. The first-order valence-electron chi connectivity index (χ1n) is 9.04. The van der Waals surface area contributed by atoms with Crippen molar-refractivity contribution in [1.82, 2.24) is 14.7 Å². The van der Waals surface area contributed by atoms with E-state index in [-0.39, 0.29) is 5.91 Å². The van der Waals surface area contributed by atoms with Gasteiger partial charge in [-0.15, -0.1) is 0 Å². The van der Waals surface area contributed by atoms with Gasteiger partial charge in [-0.3, -0.25) is 4.79 Å². The summed E-state index contributed by atoms with van der Waals surface area (Å²) in [4.78, 5) is 14.6. The number of aryl methyl sites for hydroxylation is 1. The lowest BCUT2D eigenvalue weighted by Crippen LogP contribution is -2.26. The molecule has 0 aliphatic carbocycles. The molecule has 0 atom stereocenters. The fraction of sp³-hybridized carbons (Fsp3) is 0.273. The van der Waals surface area contributed by atoms with Crippen LogP contribution in [0, 0.1) is 13.8 Å². The molecule has 146 valence electrons. The van der Waals surface area contributed by atoms with Gasteiger partial charge in [-0.05, 0) is 44.2 Å². The smallest absolute Gasteiger partial charge is 0.254 e. The summed E-state index contributed by atoms with van der Waals surface area (Å²) >= 11 is 0. The van der Waals surface area contributed by atoms with Gasteiger partial charge in [-0.2, -0.15) is 5.10 Å². The highest BCUT2D eigenvalue weighted by Crippen LogP contribution is 2.28. The molecule has 6 nitrogen and oxygen atoms in total. The number of para-hydroxylation sites is 1. The summed E-state index contributed by atoms with van der Waals surface area (Å²) < 4.78 is 12.5. The quantitative estimate of drug-likeness (QED) is 0.654. The molecule has 0 spiro atoms. The highest BCUT2D eigenvalue weighted by atomic mass is 16.5. The van der Waals surface area contributed by atoms with Crippen LogP contribution in [0.25, 0.3) is 5.69 Å². The second kappa shape index (κ2) is 8.17. The molecule has 0 N–H and O–H groups in total. The normalized spacial score (nSPS) is 10.6. The first-order chi connectivity index (χ1) is 13.5. The molecule has 1 amide bonds. The Labute approximate surface area is 165 Å². The van der Waals surface area contributed by atoms with Crippen LogP contribution in [0.3, 0.4) is 0 Å². The lowest BCUT2D eigenvalue weighted by atomic mass is 10.1. The molecule has 6 heteroatoms. The number of rotatable bonds is 6. The number of aromatic nitrogens is 2. The van der Waals surface area contributed by atoms with E-state index in [2.05, 4.69) is 5.10 Å². The van der Waals surface area contributed by atoms with E-state index in [1.807, 2.05) is 48.9 Å². The largest absolute Gasteiger partial charge is 0.493 e. The highest BCUT2D eigenvalue weighted by molar-refractivity contribution is 5.94. The van der Waals surface area contributed by atoms with Crippen LogP contribution < -0.4 is 9.47 Å². The summed E-state index contributed by atoms with van der Waals surface area (Å²) in [6.45, 7) is 4.46. The highest BCUT2D eigenvalue weighted by Gasteiger charge is 2.19. The minimum Gasteiger partial charge on any atom is -0.493 e. The average Bonchev–Trinajstić information content (AvgIpc) is 3.01. The second-order valence-electron chi connectivity index (χ2n) is 6.63. The lowest BCUT2D eigenvalue weighted by Gasteiger charge is -2.18. The van der Waals surface area contributed by atoms with Crippen LogP contribution in [0.4, 0.5) is 0 Å². The molecule has 1 aromatic heterocycles. The van der Waals surface area contributed by atoms with E-state index < -0.39 is 0 Å². The Bertz CT molecular complexity index is 980. The summed E-state index contributed by atoms with van der Waals surface area (Å²) in [5.41, 5.74) is 4.53. The SMILES string of the molecule is COc1ccc(C(=O)N(C)Cc2c(C)nn(-c3ccccc3)c2C)cc1OC. The molecule has 0 saturated carbocycles. The average molecular weight is 379 g/mol. The van der Waals surface area contributed by atoms with E-state index in [9.17, 15) is 4.79 Å². The van der Waals surface area contributed by atoms with E-state index in [0.29, 0.717) is 23.6 Å². The third-order valence-corrected chi connectivity index (χ3v) is 4.81. The van der Waals surface area contributed by atoms with Gasteiger partial charge in [-0.25, -0.2) is 4.68 Å². The van der Waals surface area contributed by atoms with Gasteiger partial charge in [0.1, 0.15) is 0 Å². The summed E-state index contributed by atoms with van der Waals surface area (Å²) in [6.07, 6.45) is 0. The maximum absolute atomic E-state index is 12.9. The Morgan fingerprint density at radius 3 is 2.36 bits per heavy atom. The Kier molecular flexibility index (Phi) is 5.68. The van der Waals surface area contributed by atoms with Gasteiger partial charge in [0.25, 0.3) is 5.91 Å². The molecule has 3 rings (SSSR count). The van der Waals surface area contributed by atoms with E-state index in [0.717, 1.165) is 22.6 Å². The molecular formula is C22H25N3O3. The van der Waals surface area contributed by atoms with Crippen molar-refractivity contribution in [2.24, 2.45) is 0 Å². The molecule has 0 aliphatic rings. The number of carbonyl (C=O) groups is 1. The molecule has 0 aliphatic heterocycles. The van der Waals surface area contributed by atoms with Crippen LogP contribution in [-0.4, -0.2) is 41.9 Å². The molecule has 0 radical (unpaired) electrons. The Morgan fingerprint density at radius 1 is 1.04 bits per heavy atom. The summed E-state index contributed by atoms with van der Waals surface area (Å²) in [5, 5.41) is 4.66. The molecule has 1 heterocycles. The third-order valence-electron chi connectivity index (χ3n) is 4.81. The maximum atomic E-state index is 12.9. The van der Waals surface area contributed by atoms with Gasteiger partial charge in [-0.1, -0.05) is 18.2 Å². The fourth-order valence-electron chi connectivity index (χ4n) is 3.22. The minimum atomic E-state index is -0.0905. The Morgan fingerprint density at radius 2 is 1.71 bits per heavy atom. The first-order valence-corrected chi connectivity index (χ1v) is 9.04. The predicted molar refractivity (Wildman–Crippen MR) is 108 cm³/mol. The van der Waals surface area contributed by atoms with Gasteiger partial charge >= 0.3 is 0 Å². The van der Waals surface area contributed by atoms with E-state index >= 15 is 0 Å². The van der Waals surface area contributed by atoms with Crippen molar-refractivity contribution < 1.29 is 14.3 Å². The van der Waals surface area contributed by atoms with Crippen molar-refractivity contribution in [3.63, 3.8) is 0 Å². The molecule has 0 saturated heterocycles. The second-order valence-corrected chi connectivity index (χ2v) is 6.63. The Balaban J connectivity index is 1.84. The van der Waals surface area contributed by atoms with Gasteiger partial charge in [0, 0.05) is 30.4 Å². The van der Waals surface area contributed by atoms with Crippen molar-refractivity contribution >= 4 is 5.91 Å². The van der Waals surface area contributed by atoms with Gasteiger partial charge in [0.2, 0.25) is 0 Å². The number of ether oxygens (including phenoxy) is 2. The van der Waals surface area contributed by atoms with Crippen LogP contribution in [-0.2, 0) is 6.54 Å². The summed E-state index contributed by atoms with van der Waals surface area (Å²) in [7, 11) is 4.92. The first kappa shape index (κ1) is 19.5. The predicted octanol–water partition coefficient (Wildman–Crippen LogP) is 3.78. The van der Waals surface area contributed by atoms with Crippen LogP contribution in [0.5, 0.6) is 11.5 Å². The van der Waals surface area contributed by atoms with Gasteiger partial charge in [0.15, 0.2) is 11.5 Å². The van der Waals surface area contributed by atoms with Crippen molar-refractivity contribution in [2.75, 3.05) is 21.3 Å². The number of hydrogen-bond donors (Lipinski definition) is 0. The van der Waals surface area contributed by atoms with Crippen LogP contribution in [0.1, 0.15) is 27.3 Å². The molecule has 0 fully saturated rings. The molecule has 0 bridgehead atoms. The number of benzene rings is 2. The van der Waals surface area contributed by atoms with E-state index in [1.54, 1.807) is 44.4 Å². The number of amides is 1. The van der Waals surface area contributed by atoms with Crippen LogP contribution in [0.2, 0.25) is 0 Å². The summed E-state index contributed by atoms with van der Waals surface area (Å²) in [6, 6.07) is 15.2. The zero-order valence-electron chi connectivity index (χ0n) is 16.9. The van der Waals surface area contributed by atoms with Crippen molar-refractivity contribution in [3.8, 4) is 17.2 Å². The van der Waals surface area contributed by atoms with E-state index in [1.165, 1.54) is 0 Å². The topological polar surface area (TPSA) is 56.6 Å². The van der Waals surface area contributed by atoms with Crippen LogP contribution in [0.15, 0.2) is 48.5 Å². The minimum absolute atomic E-state index is 0.0905. The zero-order chi connectivity index (χ0) is 20.3. The maximum Gasteiger partial charge on any atom is 0.254 e. The van der Waals surface area contributed by atoms with Crippen molar-refractivity contribution in [1.29, 1.82) is 0 Å². The lowest BCUT2D eigenvalue weighted by molar-refractivity contribution is 0.0784. The zero-order valence-corrected chi connectivity index (χ0v) is 16.9. The standard InChI is InChI=1S/C22H25N3O3/c1-15-19(16(2)25(23-15)18-9-7-6-8-10-18)14-24(3)22(26)17-11-12-20(27-4)21(13-17)28-5/h6-13H,14H2,1-5H3. The van der Waals surface area contributed by atoms with Gasteiger partial charge in [0.05, 0.1) is 25.6 Å². The Hall–Kier alpha value is -3.28.